The summed E-state index contributed by atoms with van der Waals surface area (Å²) < 4.78 is 6.07. The Bertz CT molecular complexity index is 340. The zero-order valence-corrected chi connectivity index (χ0v) is 13.1. The second-order valence-electron chi connectivity index (χ2n) is 6.58. The minimum absolute atomic E-state index is 0.119. The highest BCUT2D eigenvalue weighted by molar-refractivity contribution is 5.18. The van der Waals surface area contributed by atoms with E-state index in [1.54, 1.807) is 0 Å². The Kier molecular flexibility index (Phi) is 6.53. The fourth-order valence-corrected chi connectivity index (χ4v) is 1.79. The van der Waals surface area contributed by atoms with E-state index < -0.39 is 0 Å². The molecule has 0 amide bonds. The van der Waals surface area contributed by atoms with Gasteiger partial charge in [0.2, 0.25) is 0 Å². The Morgan fingerprint density at radius 3 is 2.26 bits per heavy atom. The zero-order chi connectivity index (χ0) is 14.3. The number of benzene rings is 1. The van der Waals surface area contributed by atoms with Gasteiger partial charge in [-0.25, -0.2) is 0 Å². The molecule has 108 valence electrons. The van der Waals surface area contributed by atoms with Crippen LogP contribution >= 0.6 is 0 Å². The van der Waals surface area contributed by atoms with Gasteiger partial charge in [-0.15, -0.1) is 0 Å². The molecule has 2 heteroatoms. The first kappa shape index (κ1) is 16.2. The van der Waals surface area contributed by atoms with Gasteiger partial charge in [-0.05, 0) is 38.7 Å². The monoisotopic (exact) mass is 263 g/mol. The van der Waals surface area contributed by atoms with Crippen LogP contribution in [0.2, 0.25) is 0 Å². The molecular weight excluding hydrogens is 234 g/mol. The Morgan fingerprint density at radius 1 is 1.11 bits per heavy atom. The molecule has 0 aromatic heterocycles. The van der Waals surface area contributed by atoms with Gasteiger partial charge in [-0.2, -0.15) is 0 Å². The van der Waals surface area contributed by atoms with Gasteiger partial charge in [-0.1, -0.05) is 44.2 Å². The van der Waals surface area contributed by atoms with Crippen molar-refractivity contribution in [1.29, 1.82) is 0 Å². The fraction of sp³-hybridized carbons (Fsp3) is 0.647. The first-order valence-electron chi connectivity index (χ1n) is 7.30. The molecule has 0 aliphatic rings. The highest BCUT2D eigenvalue weighted by atomic mass is 16.5. The van der Waals surface area contributed by atoms with E-state index in [1.165, 1.54) is 5.56 Å². The molecule has 0 aliphatic carbocycles. The molecule has 1 atom stereocenters. The van der Waals surface area contributed by atoms with Crippen molar-refractivity contribution in [2.75, 3.05) is 13.2 Å². The fourth-order valence-electron chi connectivity index (χ4n) is 1.79. The van der Waals surface area contributed by atoms with Crippen LogP contribution in [0.25, 0.3) is 0 Å². The second kappa shape index (κ2) is 7.66. The molecule has 0 fully saturated rings. The van der Waals surface area contributed by atoms with Crippen LogP contribution in [0.1, 0.15) is 52.7 Å². The molecular formula is C17H29NO. The van der Waals surface area contributed by atoms with Gasteiger partial charge in [-0.3, -0.25) is 0 Å². The molecule has 0 bridgehead atoms. The Hall–Kier alpha value is -0.860. The molecule has 0 radical (unpaired) electrons. The summed E-state index contributed by atoms with van der Waals surface area (Å²) >= 11 is 0. The second-order valence-corrected chi connectivity index (χ2v) is 6.58. The number of nitrogens with one attached hydrogen (secondary N) is 1. The van der Waals surface area contributed by atoms with E-state index in [0.29, 0.717) is 5.92 Å². The first-order valence-corrected chi connectivity index (χ1v) is 7.30. The van der Waals surface area contributed by atoms with Crippen LogP contribution in [0.5, 0.6) is 0 Å². The number of hydrogen-bond donors (Lipinski definition) is 1. The number of ether oxygens (including phenoxy) is 1. The van der Waals surface area contributed by atoms with Crippen molar-refractivity contribution in [2.24, 2.45) is 5.92 Å². The summed E-state index contributed by atoms with van der Waals surface area (Å²) in [6.07, 6.45) is 1.25. The lowest BCUT2D eigenvalue weighted by molar-refractivity contribution is 0.0418. The first-order chi connectivity index (χ1) is 8.88. The van der Waals surface area contributed by atoms with Gasteiger partial charge in [0.25, 0.3) is 0 Å². The number of rotatable bonds is 7. The molecule has 1 aromatic carbocycles. The van der Waals surface area contributed by atoms with Crippen LogP contribution in [0.3, 0.4) is 0 Å². The van der Waals surface area contributed by atoms with Crippen LogP contribution in [0.4, 0.5) is 0 Å². The normalized spacial score (nSPS) is 13.8. The predicted octanol–water partition coefficient (Wildman–Crippen LogP) is 4.18. The molecule has 0 saturated carbocycles. The smallest absolute Gasteiger partial charge is 0.0949 e. The van der Waals surface area contributed by atoms with Gasteiger partial charge in [0, 0.05) is 18.7 Å². The largest absolute Gasteiger partial charge is 0.372 e. The third kappa shape index (κ3) is 7.34. The van der Waals surface area contributed by atoms with Crippen molar-refractivity contribution < 1.29 is 4.74 Å². The van der Waals surface area contributed by atoms with E-state index in [9.17, 15) is 0 Å². The molecule has 1 aromatic rings. The highest BCUT2D eigenvalue weighted by Crippen LogP contribution is 2.18. The van der Waals surface area contributed by atoms with Crippen molar-refractivity contribution in [3.05, 3.63) is 35.9 Å². The van der Waals surface area contributed by atoms with E-state index in [4.69, 9.17) is 4.74 Å². The van der Waals surface area contributed by atoms with Gasteiger partial charge < -0.3 is 10.1 Å². The summed E-state index contributed by atoms with van der Waals surface area (Å²) in [5.74, 6) is 0.687. The standard InChI is InChI=1S/C17H29NO/c1-14(2)11-12-19-16(13-18-17(3,4)5)15-9-7-6-8-10-15/h6-10,14,16,18H,11-13H2,1-5H3. The van der Waals surface area contributed by atoms with E-state index in [0.717, 1.165) is 19.6 Å². The molecule has 1 unspecified atom stereocenters. The summed E-state index contributed by atoms with van der Waals surface area (Å²) in [6.45, 7) is 12.7. The van der Waals surface area contributed by atoms with E-state index >= 15 is 0 Å². The molecule has 0 spiro atoms. The Morgan fingerprint density at radius 2 is 1.74 bits per heavy atom. The molecule has 0 heterocycles. The predicted molar refractivity (Wildman–Crippen MR) is 82.3 cm³/mol. The van der Waals surface area contributed by atoms with E-state index in [1.807, 2.05) is 6.07 Å². The van der Waals surface area contributed by atoms with Gasteiger partial charge in [0.15, 0.2) is 0 Å². The van der Waals surface area contributed by atoms with Crippen molar-refractivity contribution in [3.63, 3.8) is 0 Å². The molecule has 0 aliphatic heterocycles. The third-order valence-corrected chi connectivity index (χ3v) is 3.00. The van der Waals surface area contributed by atoms with Gasteiger partial charge in [0.05, 0.1) is 6.10 Å². The van der Waals surface area contributed by atoms with Crippen LogP contribution in [-0.2, 0) is 4.74 Å². The lowest BCUT2D eigenvalue weighted by atomic mass is 10.1. The zero-order valence-electron chi connectivity index (χ0n) is 13.1. The summed E-state index contributed by atoms with van der Waals surface area (Å²) in [7, 11) is 0. The maximum Gasteiger partial charge on any atom is 0.0949 e. The minimum atomic E-state index is 0.119. The van der Waals surface area contributed by atoms with Crippen LogP contribution < -0.4 is 5.32 Å². The number of hydrogen-bond acceptors (Lipinski definition) is 2. The van der Waals surface area contributed by atoms with Crippen molar-refractivity contribution >= 4 is 0 Å². The van der Waals surface area contributed by atoms with E-state index in [2.05, 4.69) is 64.2 Å². The average molecular weight is 263 g/mol. The minimum Gasteiger partial charge on any atom is -0.372 e. The Labute approximate surface area is 118 Å². The van der Waals surface area contributed by atoms with Crippen molar-refractivity contribution in [2.45, 2.75) is 52.7 Å². The summed E-state index contributed by atoms with van der Waals surface area (Å²) in [6, 6.07) is 10.5. The molecule has 2 nitrogen and oxygen atoms in total. The van der Waals surface area contributed by atoms with Gasteiger partial charge >= 0.3 is 0 Å². The maximum atomic E-state index is 6.07. The lowest BCUT2D eigenvalue weighted by Gasteiger charge is -2.26. The lowest BCUT2D eigenvalue weighted by Crippen LogP contribution is -2.39. The van der Waals surface area contributed by atoms with Crippen molar-refractivity contribution in [3.8, 4) is 0 Å². The van der Waals surface area contributed by atoms with Gasteiger partial charge in [0.1, 0.15) is 0 Å². The Balaban J connectivity index is 2.58. The summed E-state index contributed by atoms with van der Waals surface area (Å²) in [5.41, 5.74) is 1.37. The van der Waals surface area contributed by atoms with Crippen LogP contribution in [0.15, 0.2) is 30.3 Å². The SMILES string of the molecule is CC(C)CCOC(CNC(C)(C)C)c1ccccc1. The van der Waals surface area contributed by atoms with Crippen molar-refractivity contribution in [1.82, 2.24) is 5.32 Å². The third-order valence-electron chi connectivity index (χ3n) is 3.00. The summed E-state index contributed by atoms with van der Waals surface area (Å²) in [5, 5.41) is 3.53. The maximum absolute atomic E-state index is 6.07. The topological polar surface area (TPSA) is 21.3 Å². The van der Waals surface area contributed by atoms with Crippen LogP contribution in [0, 0.1) is 5.92 Å². The van der Waals surface area contributed by atoms with Crippen LogP contribution in [-0.4, -0.2) is 18.7 Å². The summed E-state index contributed by atoms with van der Waals surface area (Å²) in [4.78, 5) is 0. The molecule has 0 saturated heterocycles. The molecule has 1 N–H and O–H groups in total. The highest BCUT2D eigenvalue weighted by Gasteiger charge is 2.16. The quantitative estimate of drug-likeness (QED) is 0.797. The molecule has 19 heavy (non-hydrogen) atoms. The molecule has 1 rings (SSSR count). The van der Waals surface area contributed by atoms with E-state index in [-0.39, 0.29) is 11.6 Å². The average Bonchev–Trinajstić information content (AvgIpc) is 2.33.